The molecule has 0 bridgehead atoms. The lowest BCUT2D eigenvalue weighted by Crippen LogP contribution is -2.09. The Labute approximate surface area is 128 Å². The molecule has 2 N–H and O–H groups in total. The summed E-state index contributed by atoms with van der Waals surface area (Å²) in [4.78, 5) is 10.2. The number of hydrogen-bond acceptors (Lipinski definition) is 5. The first-order valence-electron chi connectivity index (χ1n) is 6.63. The molecule has 0 amide bonds. The highest BCUT2D eigenvalue weighted by molar-refractivity contribution is 7.16. The van der Waals surface area contributed by atoms with Crippen LogP contribution in [-0.2, 0) is 6.42 Å². The highest BCUT2D eigenvalue weighted by Gasteiger charge is 2.07. The zero-order valence-electron chi connectivity index (χ0n) is 11.9. The number of anilines is 2. The van der Waals surface area contributed by atoms with Gasteiger partial charge in [0.15, 0.2) is 0 Å². The van der Waals surface area contributed by atoms with Crippen molar-refractivity contribution in [2.45, 2.75) is 26.2 Å². The number of nitrogens with one attached hydrogen (secondary N) is 2. The molecule has 0 spiro atoms. The molecular formula is C14H19ClN4S. The van der Waals surface area contributed by atoms with E-state index in [0.717, 1.165) is 34.8 Å². The summed E-state index contributed by atoms with van der Waals surface area (Å²) in [5.74, 6) is 2.85. The topological polar surface area (TPSA) is 49.8 Å². The summed E-state index contributed by atoms with van der Waals surface area (Å²) in [5, 5.41) is 6.41. The quantitative estimate of drug-likeness (QED) is 0.846. The van der Waals surface area contributed by atoms with Crippen LogP contribution in [0.2, 0.25) is 4.34 Å². The van der Waals surface area contributed by atoms with Crippen LogP contribution in [0.15, 0.2) is 18.2 Å². The van der Waals surface area contributed by atoms with Crippen LogP contribution >= 0.6 is 22.9 Å². The monoisotopic (exact) mass is 310 g/mol. The number of rotatable bonds is 6. The van der Waals surface area contributed by atoms with Crippen molar-refractivity contribution in [1.82, 2.24) is 9.97 Å². The molecule has 0 saturated heterocycles. The van der Waals surface area contributed by atoms with Gasteiger partial charge in [-0.05, 0) is 18.6 Å². The van der Waals surface area contributed by atoms with Crippen molar-refractivity contribution >= 4 is 34.6 Å². The van der Waals surface area contributed by atoms with Crippen LogP contribution < -0.4 is 10.6 Å². The van der Waals surface area contributed by atoms with E-state index in [4.69, 9.17) is 11.6 Å². The largest absolute Gasteiger partial charge is 0.373 e. The van der Waals surface area contributed by atoms with Gasteiger partial charge in [-0.25, -0.2) is 9.97 Å². The molecule has 6 heteroatoms. The molecule has 2 rings (SSSR count). The van der Waals surface area contributed by atoms with Gasteiger partial charge in [0, 0.05) is 30.5 Å². The Morgan fingerprint density at radius 2 is 2.00 bits per heavy atom. The van der Waals surface area contributed by atoms with E-state index >= 15 is 0 Å². The van der Waals surface area contributed by atoms with E-state index in [-0.39, 0.29) is 0 Å². The SMILES string of the molecule is CNc1cc(NCCc2ccc(Cl)s2)nc(C(C)C)n1. The highest BCUT2D eigenvalue weighted by Crippen LogP contribution is 2.22. The number of hydrogen-bond donors (Lipinski definition) is 2. The van der Waals surface area contributed by atoms with Crippen LogP contribution in [0, 0.1) is 0 Å². The van der Waals surface area contributed by atoms with Crippen LogP contribution in [0.3, 0.4) is 0 Å². The second-order valence-electron chi connectivity index (χ2n) is 4.78. The minimum Gasteiger partial charge on any atom is -0.373 e. The van der Waals surface area contributed by atoms with Gasteiger partial charge in [0.1, 0.15) is 17.5 Å². The van der Waals surface area contributed by atoms with Crippen LogP contribution in [-0.4, -0.2) is 23.6 Å². The van der Waals surface area contributed by atoms with Gasteiger partial charge in [-0.1, -0.05) is 25.4 Å². The van der Waals surface area contributed by atoms with Crippen LogP contribution in [0.1, 0.15) is 30.5 Å². The summed E-state index contributed by atoms with van der Waals surface area (Å²) < 4.78 is 0.835. The molecule has 0 aliphatic carbocycles. The molecule has 0 unspecified atom stereocenters. The Morgan fingerprint density at radius 3 is 2.60 bits per heavy atom. The van der Waals surface area contributed by atoms with E-state index < -0.39 is 0 Å². The van der Waals surface area contributed by atoms with Gasteiger partial charge >= 0.3 is 0 Å². The van der Waals surface area contributed by atoms with E-state index in [0.29, 0.717) is 5.92 Å². The molecule has 0 atom stereocenters. The molecule has 0 aliphatic heterocycles. The first-order chi connectivity index (χ1) is 9.58. The first kappa shape index (κ1) is 15.1. The summed E-state index contributed by atoms with van der Waals surface area (Å²) in [6, 6.07) is 5.92. The van der Waals surface area contributed by atoms with Gasteiger partial charge in [0.25, 0.3) is 0 Å². The molecule has 2 aromatic rings. The molecule has 0 radical (unpaired) electrons. The van der Waals surface area contributed by atoms with Crippen molar-refractivity contribution < 1.29 is 0 Å². The highest BCUT2D eigenvalue weighted by atomic mass is 35.5. The maximum Gasteiger partial charge on any atom is 0.135 e. The third kappa shape index (κ3) is 4.08. The number of halogens is 1. The van der Waals surface area contributed by atoms with Gasteiger partial charge in [-0.3, -0.25) is 0 Å². The van der Waals surface area contributed by atoms with Crippen molar-refractivity contribution in [2.75, 3.05) is 24.2 Å². The summed E-state index contributed by atoms with van der Waals surface area (Å²) in [7, 11) is 1.86. The van der Waals surface area contributed by atoms with Crippen molar-refractivity contribution in [1.29, 1.82) is 0 Å². The Kier molecular flexibility index (Phi) is 5.20. The minimum absolute atomic E-state index is 0.306. The van der Waals surface area contributed by atoms with Gasteiger partial charge in [0.2, 0.25) is 0 Å². The summed E-state index contributed by atoms with van der Waals surface area (Å²) in [5.41, 5.74) is 0. The normalized spacial score (nSPS) is 10.8. The zero-order valence-corrected chi connectivity index (χ0v) is 13.5. The van der Waals surface area contributed by atoms with Crippen LogP contribution in [0.4, 0.5) is 11.6 Å². The molecule has 20 heavy (non-hydrogen) atoms. The fourth-order valence-electron chi connectivity index (χ4n) is 1.74. The molecule has 0 aromatic carbocycles. The third-order valence-electron chi connectivity index (χ3n) is 2.82. The van der Waals surface area contributed by atoms with Crippen molar-refractivity contribution in [3.8, 4) is 0 Å². The van der Waals surface area contributed by atoms with E-state index in [1.165, 1.54) is 4.88 Å². The third-order valence-corrected chi connectivity index (χ3v) is 4.11. The summed E-state index contributed by atoms with van der Waals surface area (Å²) in [6.45, 7) is 5.01. The van der Waals surface area contributed by atoms with E-state index in [1.54, 1.807) is 11.3 Å². The number of thiophene rings is 1. The van der Waals surface area contributed by atoms with Crippen molar-refractivity contribution in [2.24, 2.45) is 0 Å². The molecule has 4 nitrogen and oxygen atoms in total. The van der Waals surface area contributed by atoms with Crippen LogP contribution in [0.25, 0.3) is 0 Å². The Hall–Kier alpha value is -1.33. The molecule has 0 aliphatic rings. The van der Waals surface area contributed by atoms with Gasteiger partial charge in [-0.15, -0.1) is 11.3 Å². The smallest absolute Gasteiger partial charge is 0.135 e. The minimum atomic E-state index is 0.306. The van der Waals surface area contributed by atoms with Crippen molar-refractivity contribution in [3.05, 3.63) is 33.2 Å². The summed E-state index contributed by atoms with van der Waals surface area (Å²) in [6.07, 6.45) is 0.938. The van der Waals surface area contributed by atoms with E-state index in [1.807, 2.05) is 19.2 Å². The maximum atomic E-state index is 5.92. The number of aromatic nitrogens is 2. The second-order valence-corrected chi connectivity index (χ2v) is 6.58. The zero-order chi connectivity index (χ0) is 14.5. The fourth-order valence-corrected chi connectivity index (χ4v) is 2.83. The van der Waals surface area contributed by atoms with Crippen molar-refractivity contribution in [3.63, 3.8) is 0 Å². The average Bonchev–Trinajstić information content (AvgIpc) is 2.84. The Morgan fingerprint density at radius 1 is 1.25 bits per heavy atom. The molecule has 108 valence electrons. The lowest BCUT2D eigenvalue weighted by Gasteiger charge is -2.11. The predicted octanol–water partition coefficient (Wildman–Crippen LogP) is 4.01. The predicted molar refractivity (Wildman–Crippen MR) is 87.2 cm³/mol. The Bertz CT molecular complexity index is 568. The first-order valence-corrected chi connectivity index (χ1v) is 7.82. The lowest BCUT2D eigenvalue weighted by molar-refractivity contribution is 0.775. The number of nitrogens with zero attached hydrogens (tertiary/aromatic N) is 2. The second kappa shape index (κ2) is 6.90. The lowest BCUT2D eigenvalue weighted by atomic mass is 10.2. The van der Waals surface area contributed by atoms with E-state index in [9.17, 15) is 0 Å². The van der Waals surface area contributed by atoms with Gasteiger partial charge in [-0.2, -0.15) is 0 Å². The fraction of sp³-hybridized carbons (Fsp3) is 0.429. The molecular weight excluding hydrogens is 292 g/mol. The van der Waals surface area contributed by atoms with Crippen LogP contribution in [0.5, 0.6) is 0 Å². The average molecular weight is 311 g/mol. The molecule has 0 fully saturated rings. The van der Waals surface area contributed by atoms with Gasteiger partial charge < -0.3 is 10.6 Å². The molecule has 0 saturated carbocycles. The standard InChI is InChI=1S/C14H19ClN4S/c1-9(2)14-18-12(16-3)8-13(19-14)17-7-6-10-4-5-11(15)20-10/h4-5,8-9H,6-7H2,1-3H3,(H2,16,17,18,19). The van der Waals surface area contributed by atoms with Gasteiger partial charge in [0.05, 0.1) is 4.34 Å². The molecule has 2 heterocycles. The van der Waals surface area contributed by atoms with E-state index in [2.05, 4.69) is 40.5 Å². The molecule has 2 aromatic heterocycles. The Balaban J connectivity index is 1.99. The summed E-state index contributed by atoms with van der Waals surface area (Å²) >= 11 is 7.54. The maximum absolute atomic E-state index is 5.92.